The number of hydrogen-bond donors (Lipinski definition) is 1. The highest BCUT2D eigenvalue weighted by Crippen LogP contribution is 2.21. The van der Waals surface area contributed by atoms with Crippen LogP contribution in [0.2, 0.25) is 0 Å². The van der Waals surface area contributed by atoms with E-state index in [9.17, 15) is 0 Å². The summed E-state index contributed by atoms with van der Waals surface area (Å²) in [5, 5.41) is 3.11. The van der Waals surface area contributed by atoms with Gasteiger partial charge in [0.1, 0.15) is 4.38 Å². The molecule has 0 bridgehead atoms. The van der Waals surface area contributed by atoms with Gasteiger partial charge < -0.3 is 5.32 Å². The van der Waals surface area contributed by atoms with Crippen LogP contribution in [0.3, 0.4) is 0 Å². The molecule has 0 aromatic carbocycles. The Hall–Kier alpha value is 0.620. The average Bonchev–Trinajstić information content (AvgIpc) is 2.41. The van der Waals surface area contributed by atoms with E-state index < -0.39 is 0 Å². The molecular formula is C6H13ClN2S2. The zero-order chi connectivity index (χ0) is 7.23. The van der Waals surface area contributed by atoms with Crippen molar-refractivity contribution in [3.8, 4) is 0 Å². The van der Waals surface area contributed by atoms with Crippen molar-refractivity contribution in [2.75, 3.05) is 31.6 Å². The van der Waals surface area contributed by atoms with Gasteiger partial charge in [0.15, 0.2) is 0 Å². The second-order valence-corrected chi connectivity index (χ2v) is 4.37. The summed E-state index contributed by atoms with van der Waals surface area (Å²) in [6.45, 7) is 2.09. The molecule has 0 unspecified atom stereocenters. The van der Waals surface area contributed by atoms with Crippen LogP contribution in [-0.4, -0.2) is 36.0 Å². The van der Waals surface area contributed by atoms with Crippen LogP contribution in [0.4, 0.5) is 0 Å². The van der Waals surface area contributed by atoms with Gasteiger partial charge >= 0.3 is 0 Å². The van der Waals surface area contributed by atoms with Gasteiger partial charge in [0.25, 0.3) is 0 Å². The lowest BCUT2D eigenvalue weighted by molar-refractivity contribution is 0.873. The van der Waals surface area contributed by atoms with E-state index in [0.29, 0.717) is 0 Å². The fourth-order valence-corrected chi connectivity index (χ4v) is 2.68. The summed E-state index contributed by atoms with van der Waals surface area (Å²) >= 11 is 3.74. The molecule has 0 fully saturated rings. The standard InChI is InChI=1S/C6H12N2S2.ClH/c1-7-2-4-9-6-8-3-5-10-6;/h7H,2-5H2,1H3;1H. The van der Waals surface area contributed by atoms with E-state index in [1.165, 1.54) is 10.1 Å². The molecule has 66 valence electrons. The van der Waals surface area contributed by atoms with Gasteiger partial charge in [0, 0.05) is 18.1 Å². The first-order chi connectivity index (χ1) is 4.93. The van der Waals surface area contributed by atoms with Gasteiger partial charge in [0.05, 0.1) is 6.54 Å². The summed E-state index contributed by atoms with van der Waals surface area (Å²) in [5.74, 6) is 2.32. The number of halogens is 1. The lowest BCUT2D eigenvalue weighted by Gasteiger charge is -1.97. The number of thioether (sulfide) groups is 2. The third kappa shape index (κ3) is 4.95. The Morgan fingerprint density at radius 3 is 3.09 bits per heavy atom. The van der Waals surface area contributed by atoms with E-state index in [0.717, 1.165) is 18.8 Å². The summed E-state index contributed by atoms with van der Waals surface area (Å²) < 4.78 is 1.27. The molecule has 5 heteroatoms. The fraction of sp³-hybridized carbons (Fsp3) is 0.833. The van der Waals surface area contributed by atoms with E-state index in [4.69, 9.17) is 0 Å². The molecule has 11 heavy (non-hydrogen) atoms. The van der Waals surface area contributed by atoms with Gasteiger partial charge in [-0.15, -0.1) is 12.4 Å². The van der Waals surface area contributed by atoms with E-state index in [1.807, 2.05) is 30.6 Å². The monoisotopic (exact) mass is 212 g/mol. The van der Waals surface area contributed by atoms with Crippen molar-refractivity contribution in [3.63, 3.8) is 0 Å². The minimum absolute atomic E-state index is 0. The molecular weight excluding hydrogens is 200 g/mol. The fourth-order valence-electron chi connectivity index (χ4n) is 0.643. The van der Waals surface area contributed by atoms with Crippen molar-refractivity contribution >= 4 is 40.3 Å². The zero-order valence-corrected chi connectivity index (χ0v) is 8.95. The smallest absolute Gasteiger partial charge is 0.124 e. The normalized spacial score (nSPS) is 15.9. The third-order valence-corrected chi connectivity index (χ3v) is 3.39. The van der Waals surface area contributed by atoms with Crippen molar-refractivity contribution in [1.82, 2.24) is 5.32 Å². The Kier molecular flexibility index (Phi) is 7.69. The molecule has 1 rings (SSSR count). The Balaban J connectivity index is 0.000001000. The van der Waals surface area contributed by atoms with Gasteiger partial charge in [0.2, 0.25) is 0 Å². The van der Waals surface area contributed by atoms with Crippen LogP contribution in [0.1, 0.15) is 0 Å². The van der Waals surface area contributed by atoms with Crippen molar-refractivity contribution < 1.29 is 0 Å². The second kappa shape index (κ2) is 7.28. The predicted molar refractivity (Wildman–Crippen MR) is 58.4 cm³/mol. The molecule has 0 radical (unpaired) electrons. The molecule has 0 amide bonds. The summed E-state index contributed by atoms with van der Waals surface area (Å²) in [7, 11) is 1.98. The molecule has 0 saturated heterocycles. The van der Waals surface area contributed by atoms with Gasteiger partial charge in [-0.25, -0.2) is 0 Å². The highest BCUT2D eigenvalue weighted by molar-refractivity contribution is 8.39. The number of aliphatic imine (C=N–C) groups is 1. The van der Waals surface area contributed by atoms with Crippen LogP contribution in [0.15, 0.2) is 4.99 Å². The van der Waals surface area contributed by atoms with E-state index >= 15 is 0 Å². The van der Waals surface area contributed by atoms with E-state index in [1.54, 1.807) is 0 Å². The average molecular weight is 213 g/mol. The maximum absolute atomic E-state index is 4.32. The first kappa shape index (κ1) is 11.6. The summed E-state index contributed by atoms with van der Waals surface area (Å²) in [5.41, 5.74) is 0. The molecule has 0 aromatic rings. The van der Waals surface area contributed by atoms with E-state index in [2.05, 4.69) is 10.3 Å². The van der Waals surface area contributed by atoms with Crippen LogP contribution in [0.25, 0.3) is 0 Å². The van der Waals surface area contributed by atoms with Gasteiger partial charge in [-0.3, -0.25) is 4.99 Å². The number of rotatable bonds is 3. The Bertz CT molecular complexity index is 130. The first-order valence-corrected chi connectivity index (χ1v) is 5.35. The third-order valence-electron chi connectivity index (χ3n) is 1.14. The predicted octanol–water partition coefficient (Wildman–Crippen LogP) is 1.46. The summed E-state index contributed by atoms with van der Waals surface area (Å²) in [6, 6.07) is 0. The lowest BCUT2D eigenvalue weighted by Crippen LogP contribution is -2.10. The highest BCUT2D eigenvalue weighted by atomic mass is 35.5. The second-order valence-electron chi connectivity index (χ2n) is 1.95. The number of nitrogens with zero attached hydrogens (tertiary/aromatic N) is 1. The van der Waals surface area contributed by atoms with Crippen LogP contribution >= 0.6 is 35.9 Å². The minimum atomic E-state index is 0. The van der Waals surface area contributed by atoms with Crippen molar-refractivity contribution in [2.24, 2.45) is 4.99 Å². The lowest BCUT2D eigenvalue weighted by atomic mass is 10.8. The van der Waals surface area contributed by atoms with E-state index in [-0.39, 0.29) is 12.4 Å². The highest BCUT2D eigenvalue weighted by Gasteiger charge is 2.05. The Morgan fingerprint density at radius 2 is 2.55 bits per heavy atom. The largest absolute Gasteiger partial charge is 0.319 e. The SMILES string of the molecule is CNCCSC1=NCCS1.Cl. The quantitative estimate of drug-likeness (QED) is 0.718. The number of nitrogens with one attached hydrogen (secondary N) is 1. The number of hydrogen-bond acceptors (Lipinski definition) is 4. The molecule has 1 heterocycles. The van der Waals surface area contributed by atoms with Crippen molar-refractivity contribution in [1.29, 1.82) is 0 Å². The zero-order valence-electron chi connectivity index (χ0n) is 6.50. The van der Waals surface area contributed by atoms with Crippen LogP contribution in [0, 0.1) is 0 Å². The molecule has 0 atom stereocenters. The molecule has 0 saturated carbocycles. The van der Waals surface area contributed by atoms with Crippen LogP contribution in [-0.2, 0) is 0 Å². The molecule has 0 spiro atoms. The van der Waals surface area contributed by atoms with Gasteiger partial charge in [-0.2, -0.15) is 0 Å². The van der Waals surface area contributed by atoms with Gasteiger partial charge in [-0.05, 0) is 7.05 Å². The maximum atomic E-state index is 4.32. The summed E-state index contributed by atoms with van der Waals surface area (Å²) in [4.78, 5) is 4.32. The molecule has 0 aliphatic carbocycles. The summed E-state index contributed by atoms with van der Waals surface area (Å²) in [6.07, 6.45) is 0. The van der Waals surface area contributed by atoms with Crippen LogP contribution < -0.4 is 5.32 Å². The first-order valence-electron chi connectivity index (χ1n) is 3.38. The molecule has 1 N–H and O–H groups in total. The molecule has 1 aliphatic heterocycles. The molecule has 0 aromatic heterocycles. The van der Waals surface area contributed by atoms with Crippen molar-refractivity contribution in [2.45, 2.75) is 0 Å². The van der Waals surface area contributed by atoms with Gasteiger partial charge in [-0.1, -0.05) is 23.5 Å². The Morgan fingerprint density at radius 1 is 1.73 bits per heavy atom. The molecule has 2 nitrogen and oxygen atoms in total. The topological polar surface area (TPSA) is 24.4 Å². The van der Waals surface area contributed by atoms with Crippen molar-refractivity contribution in [3.05, 3.63) is 0 Å². The maximum Gasteiger partial charge on any atom is 0.124 e. The van der Waals surface area contributed by atoms with Crippen LogP contribution in [0.5, 0.6) is 0 Å². The minimum Gasteiger partial charge on any atom is -0.319 e. The Labute approximate surface area is 82.4 Å². The molecule has 1 aliphatic rings.